The number of phenols is 1. The van der Waals surface area contributed by atoms with Crippen molar-refractivity contribution in [3.63, 3.8) is 0 Å². The molecule has 0 aliphatic rings. The average molecular weight is 516 g/mol. The standard InChI is InChI=1S/C21H16Br2N4O2/c22-16-6-4-14(5-7-16)10-21(29)27-24-13-15-11-19(8-9-20(15)28)26-25-18-3-1-2-17(23)12-18/h1-9,11-13,28H,10H2,(H,27,29)/b24-13-,26-25?. The summed E-state index contributed by atoms with van der Waals surface area (Å²) < 4.78 is 1.86. The molecule has 0 radical (unpaired) electrons. The molecular weight excluding hydrogens is 500 g/mol. The van der Waals surface area contributed by atoms with E-state index in [4.69, 9.17) is 0 Å². The first-order chi connectivity index (χ1) is 14.0. The lowest BCUT2D eigenvalue weighted by Gasteiger charge is -2.02. The van der Waals surface area contributed by atoms with E-state index < -0.39 is 0 Å². The van der Waals surface area contributed by atoms with E-state index in [-0.39, 0.29) is 18.1 Å². The van der Waals surface area contributed by atoms with E-state index in [0.29, 0.717) is 16.9 Å². The fourth-order valence-electron chi connectivity index (χ4n) is 2.36. The highest BCUT2D eigenvalue weighted by Crippen LogP contribution is 2.25. The summed E-state index contributed by atoms with van der Waals surface area (Å²) in [6, 6.07) is 19.7. The molecule has 2 N–H and O–H groups in total. The summed E-state index contributed by atoms with van der Waals surface area (Å²) >= 11 is 6.74. The lowest BCUT2D eigenvalue weighted by atomic mass is 10.1. The van der Waals surface area contributed by atoms with Gasteiger partial charge in [0.1, 0.15) is 5.75 Å². The first-order valence-electron chi connectivity index (χ1n) is 8.56. The van der Waals surface area contributed by atoms with Crippen LogP contribution in [0.5, 0.6) is 5.75 Å². The molecule has 6 nitrogen and oxygen atoms in total. The molecule has 0 atom stereocenters. The zero-order valence-corrected chi connectivity index (χ0v) is 18.3. The monoisotopic (exact) mass is 514 g/mol. The van der Waals surface area contributed by atoms with Crippen molar-refractivity contribution >= 4 is 55.4 Å². The summed E-state index contributed by atoms with van der Waals surface area (Å²) in [6.07, 6.45) is 1.57. The summed E-state index contributed by atoms with van der Waals surface area (Å²) in [7, 11) is 0. The highest BCUT2D eigenvalue weighted by atomic mass is 79.9. The SMILES string of the molecule is O=C(Cc1ccc(Br)cc1)N/N=C\c1cc(N=Nc2cccc(Br)c2)ccc1O. The molecule has 3 aromatic carbocycles. The van der Waals surface area contributed by atoms with Gasteiger partial charge in [-0.15, -0.1) is 0 Å². The number of hydrazone groups is 1. The highest BCUT2D eigenvalue weighted by Gasteiger charge is 2.03. The number of hydrogen-bond acceptors (Lipinski definition) is 5. The second kappa shape index (κ2) is 10.1. The Morgan fingerprint density at radius 1 is 0.931 bits per heavy atom. The molecule has 0 bridgehead atoms. The molecule has 146 valence electrons. The van der Waals surface area contributed by atoms with Gasteiger partial charge in [-0.2, -0.15) is 15.3 Å². The van der Waals surface area contributed by atoms with Gasteiger partial charge in [0, 0.05) is 14.5 Å². The molecule has 1 amide bonds. The molecular formula is C21H16Br2N4O2. The van der Waals surface area contributed by atoms with Gasteiger partial charge in [-0.05, 0) is 54.1 Å². The molecule has 0 spiro atoms. The van der Waals surface area contributed by atoms with Crippen molar-refractivity contribution in [2.45, 2.75) is 6.42 Å². The first-order valence-corrected chi connectivity index (χ1v) is 10.1. The van der Waals surface area contributed by atoms with Crippen LogP contribution in [0.25, 0.3) is 0 Å². The number of carbonyl (C=O) groups is 1. The fourth-order valence-corrected chi connectivity index (χ4v) is 3.01. The van der Waals surface area contributed by atoms with Gasteiger partial charge in [0.2, 0.25) is 5.91 Å². The summed E-state index contributed by atoms with van der Waals surface area (Å²) in [5.74, 6) is -0.231. The second-order valence-electron chi connectivity index (χ2n) is 6.02. The van der Waals surface area contributed by atoms with Crippen LogP contribution in [-0.2, 0) is 11.2 Å². The topological polar surface area (TPSA) is 86.4 Å². The molecule has 0 fully saturated rings. The Bertz CT molecular complexity index is 1070. The number of carbonyl (C=O) groups excluding carboxylic acids is 1. The Morgan fingerprint density at radius 2 is 1.66 bits per heavy atom. The van der Waals surface area contributed by atoms with Crippen LogP contribution in [0.1, 0.15) is 11.1 Å². The minimum atomic E-state index is -0.256. The number of aromatic hydroxyl groups is 1. The van der Waals surface area contributed by atoms with Gasteiger partial charge in [0.05, 0.1) is 24.0 Å². The largest absolute Gasteiger partial charge is 0.507 e. The van der Waals surface area contributed by atoms with E-state index in [1.165, 1.54) is 12.3 Å². The van der Waals surface area contributed by atoms with Gasteiger partial charge < -0.3 is 5.11 Å². The average Bonchev–Trinajstić information content (AvgIpc) is 2.70. The predicted molar refractivity (Wildman–Crippen MR) is 120 cm³/mol. The van der Waals surface area contributed by atoms with Crippen molar-refractivity contribution in [3.05, 3.63) is 86.8 Å². The summed E-state index contributed by atoms with van der Waals surface area (Å²) in [4.78, 5) is 12.0. The lowest BCUT2D eigenvalue weighted by molar-refractivity contribution is -0.120. The summed E-state index contributed by atoms with van der Waals surface area (Å²) in [5.41, 5.74) is 4.99. The quantitative estimate of drug-likeness (QED) is 0.238. The van der Waals surface area contributed by atoms with Crippen molar-refractivity contribution < 1.29 is 9.90 Å². The number of halogens is 2. The highest BCUT2D eigenvalue weighted by molar-refractivity contribution is 9.10. The number of azo groups is 1. The Kier molecular flexibility index (Phi) is 7.26. The van der Waals surface area contributed by atoms with Crippen LogP contribution < -0.4 is 5.43 Å². The van der Waals surface area contributed by atoms with Crippen LogP contribution in [0.2, 0.25) is 0 Å². The lowest BCUT2D eigenvalue weighted by Crippen LogP contribution is -2.19. The first kappa shape index (κ1) is 20.9. The van der Waals surface area contributed by atoms with Crippen LogP contribution in [-0.4, -0.2) is 17.2 Å². The van der Waals surface area contributed by atoms with Crippen molar-refractivity contribution in [1.82, 2.24) is 5.43 Å². The van der Waals surface area contributed by atoms with E-state index in [0.717, 1.165) is 14.5 Å². The predicted octanol–water partition coefficient (Wildman–Crippen LogP) is 6.03. The third-order valence-corrected chi connectivity index (χ3v) is 4.79. The molecule has 0 aliphatic carbocycles. The van der Waals surface area contributed by atoms with Gasteiger partial charge in [0.15, 0.2) is 0 Å². The van der Waals surface area contributed by atoms with Gasteiger partial charge in [-0.25, -0.2) is 5.43 Å². The maximum Gasteiger partial charge on any atom is 0.244 e. The van der Waals surface area contributed by atoms with Crippen LogP contribution in [0.3, 0.4) is 0 Å². The van der Waals surface area contributed by atoms with Crippen molar-refractivity contribution in [2.24, 2.45) is 15.3 Å². The molecule has 3 rings (SSSR count). The zero-order valence-electron chi connectivity index (χ0n) is 15.1. The van der Waals surface area contributed by atoms with E-state index in [1.807, 2.05) is 48.5 Å². The molecule has 0 saturated carbocycles. The molecule has 0 heterocycles. The molecule has 0 saturated heterocycles. The smallest absolute Gasteiger partial charge is 0.244 e. The van der Waals surface area contributed by atoms with Crippen molar-refractivity contribution in [3.8, 4) is 5.75 Å². The minimum Gasteiger partial charge on any atom is -0.507 e. The summed E-state index contributed by atoms with van der Waals surface area (Å²) in [6.45, 7) is 0. The number of nitrogens with one attached hydrogen (secondary N) is 1. The van der Waals surface area contributed by atoms with Crippen LogP contribution in [0.15, 0.2) is 91.0 Å². The van der Waals surface area contributed by atoms with Crippen molar-refractivity contribution in [2.75, 3.05) is 0 Å². The third-order valence-electron chi connectivity index (χ3n) is 3.77. The Hall–Kier alpha value is -2.84. The van der Waals surface area contributed by atoms with E-state index in [1.54, 1.807) is 12.1 Å². The number of phenolic OH excluding ortho intramolecular Hbond substituents is 1. The molecule has 0 unspecified atom stereocenters. The number of nitrogens with zero attached hydrogens (tertiary/aromatic N) is 3. The second-order valence-corrected chi connectivity index (χ2v) is 7.85. The molecule has 29 heavy (non-hydrogen) atoms. The van der Waals surface area contributed by atoms with Crippen LogP contribution in [0.4, 0.5) is 11.4 Å². The Labute approximate surface area is 184 Å². The van der Waals surface area contributed by atoms with Crippen LogP contribution >= 0.6 is 31.9 Å². The van der Waals surface area contributed by atoms with E-state index >= 15 is 0 Å². The Morgan fingerprint density at radius 3 is 2.38 bits per heavy atom. The Balaban J connectivity index is 1.63. The normalized spacial score (nSPS) is 11.2. The molecule has 3 aromatic rings. The fraction of sp³-hybridized carbons (Fsp3) is 0.0476. The van der Waals surface area contributed by atoms with Crippen molar-refractivity contribution in [1.29, 1.82) is 0 Å². The van der Waals surface area contributed by atoms with Gasteiger partial charge in [-0.1, -0.05) is 50.1 Å². The maximum atomic E-state index is 12.0. The number of amides is 1. The molecule has 0 aliphatic heterocycles. The number of benzene rings is 3. The van der Waals surface area contributed by atoms with Crippen LogP contribution in [0, 0.1) is 0 Å². The maximum absolute atomic E-state index is 12.0. The zero-order chi connectivity index (χ0) is 20.6. The number of rotatable bonds is 6. The third kappa shape index (κ3) is 6.62. The molecule has 0 aromatic heterocycles. The number of hydrogen-bond donors (Lipinski definition) is 2. The minimum absolute atomic E-state index is 0.0253. The van der Waals surface area contributed by atoms with E-state index in [2.05, 4.69) is 52.6 Å². The summed E-state index contributed by atoms with van der Waals surface area (Å²) in [5, 5.41) is 22.2. The van der Waals surface area contributed by atoms with Gasteiger partial charge in [0.25, 0.3) is 0 Å². The van der Waals surface area contributed by atoms with E-state index in [9.17, 15) is 9.90 Å². The molecule has 8 heteroatoms. The van der Waals surface area contributed by atoms with Gasteiger partial charge in [-0.3, -0.25) is 4.79 Å². The van der Waals surface area contributed by atoms with Gasteiger partial charge >= 0.3 is 0 Å².